The van der Waals surface area contributed by atoms with Gasteiger partial charge in [0, 0.05) is 31.7 Å². The molecule has 7 heteroatoms. The third-order valence-electron chi connectivity index (χ3n) is 7.59. The predicted molar refractivity (Wildman–Crippen MR) is 137 cm³/mol. The minimum Gasteiger partial charge on any atom is -0.508 e. The largest absolute Gasteiger partial charge is 0.508 e. The van der Waals surface area contributed by atoms with Gasteiger partial charge < -0.3 is 15.2 Å². The van der Waals surface area contributed by atoms with Crippen molar-refractivity contribution in [1.29, 1.82) is 0 Å². The van der Waals surface area contributed by atoms with E-state index in [1.54, 1.807) is 25.3 Å². The summed E-state index contributed by atoms with van der Waals surface area (Å²) in [6.07, 6.45) is 5.43. The Balaban J connectivity index is 1.58. The van der Waals surface area contributed by atoms with E-state index in [1.807, 2.05) is 24.3 Å². The number of amides is 1. The van der Waals surface area contributed by atoms with Crippen molar-refractivity contribution in [3.05, 3.63) is 76.3 Å². The van der Waals surface area contributed by atoms with Crippen molar-refractivity contribution in [2.75, 3.05) is 26.7 Å². The van der Waals surface area contributed by atoms with Crippen molar-refractivity contribution in [3.8, 4) is 5.75 Å². The molecule has 2 N–H and O–H groups in total. The highest BCUT2D eigenvalue weighted by molar-refractivity contribution is 6.42. The van der Waals surface area contributed by atoms with Gasteiger partial charge in [0.2, 0.25) is 5.91 Å². The first-order valence-electron chi connectivity index (χ1n) is 11.7. The number of phenolic OH excluding ortho intramolecular Hbond substituents is 1. The van der Waals surface area contributed by atoms with Crippen molar-refractivity contribution in [1.82, 2.24) is 10.2 Å². The van der Waals surface area contributed by atoms with E-state index >= 15 is 0 Å². The van der Waals surface area contributed by atoms with E-state index in [9.17, 15) is 9.90 Å². The van der Waals surface area contributed by atoms with Crippen LogP contribution in [-0.4, -0.2) is 54.3 Å². The Hall–Kier alpha value is -2.05. The van der Waals surface area contributed by atoms with E-state index in [1.165, 1.54) is 0 Å². The van der Waals surface area contributed by atoms with Crippen molar-refractivity contribution in [2.24, 2.45) is 0 Å². The fraction of sp³-hybridized carbons (Fsp3) is 0.444. The van der Waals surface area contributed by atoms with E-state index in [2.05, 4.69) is 22.9 Å². The van der Waals surface area contributed by atoms with Crippen LogP contribution >= 0.6 is 23.2 Å². The molecule has 2 aromatic rings. The molecule has 2 fully saturated rings. The molecule has 1 aliphatic heterocycles. The standard InChI is InChI=1S/C27H32Cl2N2O3/c1-3-12-31-13-11-26(20-5-4-6-22(32)16-20)17-21(9-10-27(26,18-31)34-2)30-25(33)15-19-7-8-23(28)24(29)14-19/h3-8,14,16,21,32H,1,9-13,15,17-18H2,2H3,(H,30,33). The Bertz CT molecular complexity index is 1060. The SMILES string of the molecule is C=CCN1CCC2(c3cccc(O)c3)CC(NC(=O)Cc3ccc(Cl)c(Cl)c3)CCC2(OC)C1. The van der Waals surface area contributed by atoms with Crippen LogP contribution in [0.15, 0.2) is 55.1 Å². The van der Waals surface area contributed by atoms with Crippen LogP contribution < -0.4 is 5.32 Å². The van der Waals surface area contributed by atoms with Crippen molar-refractivity contribution in [2.45, 2.75) is 49.2 Å². The molecule has 0 aromatic heterocycles. The van der Waals surface area contributed by atoms with Gasteiger partial charge in [-0.05, 0) is 67.6 Å². The zero-order valence-electron chi connectivity index (χ0n) is 19.5. The molecular weight excluding hydrogens is 471 g/mol. The first-order valence-corrected chi connectivity index (χ1v) is 12.5. The highest BCUT2D eigenvalue weighted by Gasteiger charge is 2.58. The van der Waals surface area contributed by atoms with Crippen LogP contribution in [0.25, 0.3) is 0 Å². The zero-order valence-corrected chi connectivity index (χ0v) is 21.0. The average molecular weight is 503 g/mol. The monoisotopic (exact) mass is 502 g/mol. The molecule has 0 bridgehead atoms. The molecule has 0 radical (unpaired) electrons. The lowest BCUT2D eigenvalue weighted by atomic mass is 9.55. The van der Waals surface area contributed by atoms with E-state index in [-0.39, 0.29) is 29.5 Å². The van der Waals surface area contributed by atoms with Crippen LogP contribution in [0.5, 0.6) is 5.75 Å². The third-order valence-corrected chi connectivity index (χ3v) is 8.33. The maximum absolute atomic E-state index is 12.9. The number of aromatic hydroxyl groups is 1. The lowest BCUT2D eigenvalue weighted by Crippen LogP contribution is -2.68. The molecule has 34 heavy (non-hydrogen) atoms. The number of methoxy groups -OCH3 is 1. The fourth-order valence-corrected chi connectivity index (χ4v) is 6.29. The summed E-state index contributed by atoms with van der Waals surface area (Å²) in [5.41, 5.74) is 1.16. The Morgan fingerprint density at radius 3 is 2.79 bits per heavy atom. The first kappa shape index (κ1) is 25.1. The number of nitrogens with zero attached hydrogens (tertiary/aromatic N) is 1. The van der Waals surface area contributed by atoms with Crippen molar-refractivity contribution < 1.29 is 14.6 Å². The normalized spacial score (nSPS) is 27.1. The summed E-state index contributed by atoms with van der Waals surface area (Å²) in [6, 6.07) is 12.8. The number of rotatable bonds is 7. The number of hydrogen-bond donors (Lipinski definition) is 2. The number of likely N-dealkylation sites (tertiary alicyclic amines) is 1. The Morgan fingerprint density at radius 1 is 1.26 bits per heavy atom. The van der Waals surface area contributed by atoms with Gasteiger partial charge in [-0.15, -0.1) is 6.58 Å². The Kier molecular flexibility index (Phi) is 7.58. The van der Waals surface area contributed by atoms with Gasteiger partial charge in [0.15, 0.2) is 0 Å². The Morgan fingerprint density at radius 2 is 2.09 bits per heavy atom. The van der Waals surface area contributed by atoms with E-state index in [0.717, 1.165) is 56.4 Å². The molecule has 1 amide bonds. The van der Waals surface area contributed by atoms with Gasteiger partial charge in [-0.3, -0.25) is 9.69 Å². The maximum Gasteiger partial charge on any atom is 0.224 e. The molecule has 1 heterocycles. The number of ether oxygens (including phenoxy) is 1. The van der Waals surface area contributed by atoms with E-state index in [4.69, 9.17) is 27.9 Å². The van der Waals surface area contributed by atoms with Gasteiger partial charge in [-0.1, -0.05) is 47.5 Å². The summed E-state index contributed by atoms with van der Waals surface area (Å²) < 4.78 is 6.33. The average Bonchev–Trinajstić information content (AvgIpc) is 2.81. The van der Waals surface area contributed by atoms with Crippen LogP contribution in [0.4, 0.5) is 0 Å². The lowest BCUT2D eigenvalue weighted by Gasteiger charge is -2.59. The molecular formula is C27H32Cl2N2O3. The highest BCUT2D eigenvalue weighted by Crippen LogP contribution is 2.53. The summed E-state index contributed by atoms with van der Waals surface area (Å²) in [5, 5.41) is 14.5. The molecule has 4 rings (SSSR count). The summed E-state index contributed by atoms with van der Waals surface area (Å²) in [6.45, 7) is 6.40. The van der Waals surface area contributed by atoms with E-state index in [0.29, 0.717) is 10.0 Å². The minimum absolute atomic E-state index is 0.00634. The Labute approximate surface area is 211 Å². The molecule has 2 aliphatic rings. The molecule has 2 aromatic carbocycles. The van der Waals surface area contributed by atoms with Crippen LogP contribution in [0.3, 0.4) is 0 Å². The zero-order chi connectivity index (χ0) is 24.3. The topological polar surface area (TPSA) is 61.8 Å². The molecule has 0 spiro atoms. The molecule has 182 valence electrons. The quantitative estimate of drug-likeness (QED) is 0.515. The number of hydrogen-bond acceptors (Lipinski definition) is 4. The number of carbonyl (C=O) groups excluding carboxylic acids is 1. The van der Waals surface area contributed by atoms with Crippen LogP contribution in [0.1, 0.15) is 36.8 Å². The molecule has 3 unspecified atom stereocenters. The lowest BCUT2D eigenvalue weighted by molar-refractivity contribution is -0.149. The van der Waals surface area contributed by atoms with E-state index < -0.39 is 5.60 Å². The van der Waals surface area contributed by atoms with Crippen LogP contribution in [0.2, 0.25) is 10.0 Å². The highest BCUT2D eigenvalue weighted by atomic mass is 35.5. The number of fused-ring (bicyclic) bond motifs is 1. The van der Waals surface area contributed by atoms with Crippen molar-refractivity contribution in [3.63, 3.8) is 0 Å². The van der Waals surface area contributed by atoms with Gasteiger partial charge >= 0.3 is 0 Å². The second-order valence-corrected chi connectivity index (χ2v) is 10.4. The number of carbonyl (C=O) groups is 1. The molecule has 1 saturated heterocycles. The number of phenols is 1. The molecule has 1 saturated carbocycles. The van der Waals surface area contributed by atoms with Crippen LogP contribution in [0, 0.1) is 0 Å². The number of halogens is 2. The second-order valence-electron chi connectivity index (χ2n) is 9.54. The third kappa shape index (κ3) is 4.85. The fourth-order valence-electron chi connectivity index (χ4n) is 5.97. The maximum atomic E-state index is 12.9. The van der Waals surface area contributed by atoms with Gasteiger partial charge in [-0.25, -0.2) is 0 Å². The number of benzene rings is 2. The minimum atomic E-state index is -0.410. The molecule has 5 nitrogen and oxygen atoms in total. The van der Waals surface area contributed by atoms with Gasteiger partial charge in [0.05, 0.1) is 22.1 Å². The second kappa shape index (κ2) is 10.3. The summed E-state index contributed by atoms with van der Waals surface area (Å²) >= 11 is 12.1. The van der Waals surface area contributed by atoms with Crippen LogP contribution in [-0.2, 0) is 21.4 Å². The van der Waals surface area contributed by atoms with Crippen molar-refractivity contribution >= 4 is 29.1 Å². The van der Waals surface area contributed by atoms with Gasteiger partial charge in [0.1, 0.15) is 5.75 Å². The number of nitrogens with one attached hydrogen (secondary N) is 1. The molecule has 3 atom stereocenters. The summed E-state index contributed by atoms with van der Waals surface area (Å²) in [5.74, 6) is 0.208. The van der Waals surface area contributed by atoms with Gasteiger partial charge in [-0.2, -0.15) is 0 Å². The number of piperidine rings is 1. The smallest absolute Gasteiger partial charge is 0.224 e. The first-order chi connectivity index (χ1) is 16.3. The predicted octanol–water partition coefficient (Wildman–Crippen LogP) is 5.13. The molecule has 1 aliphatic carbocycles. The van der Waals surface area contributed by atoms with Gasteiger partial charge in [0.25, 0.3) is 0 Å². The summed E-state index contributed by atoms with van der Waals surface area (Å²) in [7, 11) is 1.79. The summed E-state index contributed by atoms with van der Waals surface area (Å²) in [4.78, 5) is 15.3.